The van der Waals surface area contributed by atoms with Crippen LogP contribution in [0.2, 0.25) is 0 Å². The van der Waals surface area contributed by atoms with Crippen LogP contribution < -0.4 is 0 Å². The molecule has 0 radical (unpaired) electrons. The number of aliphatic hydroxyl groups is 1. The van der Waals surface area contributed by atoms with E-state index in [9.17, 15) is 14.3 Å². The van der Waals surface area contributed by atoms with Gasteiger partial charge in [-0.3, -0.25) is 4.79 Å². The Morgan fingerprint density at radius 2 is 1.71 bits per heavy atom. The Kier molecular flexibility index (Phi) is 7.67. The van der Waals surface area contributed by atoms with Gasteiger partial charge >= 0.3 is 0 Å². The molecule has 0 spiro atoms. The molecule has 3 heteroatoms. The van der Waals surface area contributed by atoms with E-state index >= 15 is 0 Å². The minimum Gasteiger partial charge on any atom is -0.385 e. The summed E-state index contributed by atoms with van der Waals surface area (Å²) >= 11 is 0. The monoisotopic (exact) mass is 204 g/mol. The van der Waals surface area contributed by atoms with Crippen molar-refractivity contribution in [2.24, 2.45) is 0 Å². The molecule has 0 fully saturated rings. The number of hydrogen-bond donors (Lipinski definition) is 1. The van der Waals surface area contributed by atoms with Crippen molar-refractivity contribution >= 4 is 5.78 Å². The fourth-order valence-electron chi connectivity index (χ4n) is 1.27. The molecular weight excluding hydrogens is 183 g/mol. The molecule has 0 aromatic heterocycles. The van der Waals surface area contributed by atoms with Gasteiger partial charge in [0.25, 0.3) is 0 Å². The van der Waals surface area contributed by atoms with Gasteiger partial charge in [-0.15, -0.1) is 0 Å². The first-order valence-electron chi connectivity index (χ1n) is 5.49. The van der Waals surface area contributed by atoms with Gasteiger partial charge in [-0.25, -0.2) is 4.39 Å². The molecule has 0 rings (SSSR count). The van der Waals surface area contributed by atoms with Crippen LogP contribution in [0.3, 0.4) is 0 Å². The number of carbonyl (C=O) groups is 1. The van der Waals surface area contributed by atoms with Crippen LogP contribution in [0.5, 0.6) is 0 Å². The summed E-state index contributed by atoms with van der Waals surface area (Å²) in [5.41, 5.74) is 0. The molecule has 0 heterocycles. The summed E-state index contributed by atoms with van der Waals surface area (Å²) in [6.45, 7) is 3.92. The van der Waals surface area contributed by atoms with E-state index in [1.807, 2.05) is 13.8 Å². The van der Waals surface area contributed by atoms with Gasteiger partial charge in [-0.1, -0.05) is 39.5 Å². The Labute approximate surface area is 85.5 Å². The molecule has 0 unspecified atom stereocenters. The quantitative estimate of drug-likeness (QED) is 0.660. The molecule has 1 N–H and O–H groups in total. The van der Waals surface area contributed by atoms with Crippen molar-refractivity contribution in [1.82, 2.24) is 0 Å². The van der Waals surface area contributed by atoms with Gasteiger partial charge in [-0.2, -0.15) is 0 Å². The highest BCUT2D eigenvalue weighted by molar-refractivity contribution is 5.86. The lowest BCUT2D eigenvalue weighted by molar-refractivity contribution is -0.132. The van der Waals surface area contributed by atoms with Crippen molar-refractivity contribution in [2.75, 3.05) is 0 Å². The Morgan fingerprint density at radius 3 is 2.21 bits per heavy atom. The number of aliphatic hydroxyl groups excluding tert-OH is 1. The molecule has 14 heavy (non-hydrogen) atoms. The van der Waals surface area contributed by atoms with Crippen molar-refractivity contribution in [3.8, 4) is 0 Å². The van der Waals surface area contributed by atoms with E-state index in [1.54, 1.807) is 0 Å². The summed E-state index contributed by atoms with van der Waals surface area (Å²) in [6, 6.07) is 0. The second-order valence-electron chi connectivity index (χ2n) is 3.67. The van der Waals surface area contributed by atoms with Crippen LogP contribution in [-0.4, -0.2) is 23.2 Å². The maximum absolute atomic E-state index is 13.2. The maximum atomic E-state index is 13.2. The van der Waals surface area contributed by atoms with E-state index in [-0.39, 0.29) is 6.42 Å². The Bertz CT molecular complexity index is 143. The predicted molar refractivity (Wildman–Crippen MR) is 55.0 cm³/mol. The number of unbranched alkanes of at least 4 members (excludes halogenated alkanes) is 2. The van der Waals surface area contributed by atoms with E-state index in [0.29, 0.717) is 12.8 Å². The predicted octanol–water partition coefficient (Wildman–Crippen LogP) is 2.63. The molecule has 0 aliphatic rings. The van der Waals surface area contributed by atoms with Crippen LogP contribution in [0.4, 0.5) is 4.39 Å². The van der Waals surface area contributed by atoms with Crippen molar-refractivity contribution in [1.29, 1.82) is 0 Å². The minimum atomic E-state index is -1.47. The van der Waals surface area contributed by atoms with Gasteiger partial charge in [-0.05, 0) is 12.8 Å². The summed E-state index contributed by atoms with van der Waals surface area (Å²) in [5, 5.41) is 9.33. The van der Waals surface area contributed by atoms with Gasteiger partial charge in [0.1, 0.15) is 6.10 Å². The second-order valence-corrected chi connectivity index (χ2v) is 3.67. The van der Waals surface area contributed by atoms with Crippen LogP contribution in [0.25, 0.3) is 0 Å². The summed E-state index contributed by atoms with van der Waals surface area (Å²) < 4.78 is 13.2. The fraction of sp³-hybridized carbons (Fsp3) is 0.909. The molecule has 0 aliphatic carbocycles. The van der Waals surface area contributed by atoms with E-state index < -0.39 is 18.1 Å². The molecule has 0 saturated carbocycles. The Hall–Kier alpha value is -0.440. The lowest BCUT2D eigenvalue weighted by Crippen LogP contribution is -2.29. The maximum Gasteiger partial charge on any atom is 0.195 e. The highest BCUT2D eigenvalue weighted by atomic mass is 19.1. The first-order valence-corrected chi connectivity index (χ1v) is 5.49. The largest absolute Gasteiger partial charge is 0.385 e. The highest BCUT2D eigenvalue weighted by Crippen LogP contribution is 2.11. The number of Topliss-reactive ketones (excluding diaryl/α,β-unsaturated/α-hetero) is 1. The zero-order valence-electron chi connectivity index (χ0n) is 9.13. The van der Waals surface area contributed by atoms with Crippen molar-refractivity contribution in [2.45, 2.75) is 64.6 Å². The lowest BCUT2D eigenvalue weighted by atomic mass is 10.0. The Morgan fingerprint density at radius 1 is 1.21 bits per heavy atom. The topological polar surface area (TPSA) is 37.3 Å². The Balaban J connectivity index is 3.78. The van der Waals surface area contributed by atoms with Gasteiger partial charge in [0.15, 0.2) is 12.0 Å². The average Bonchev–Trinajstić information content (AvgIpc) is 2.21. The first-order chi connectivity index (χ1) is 6.63. The lowest BCUT2D eigenvalue weighted by Gasteiger charge is -2.11. The van der Waals surface area contributed by atoms with Crippen molar-refractivity contribution < 1.29 is 14.3 Å². The smallest absolute Gasteiger partial charge is 0.195 e. The number of halogens is 1. The highest BCUT2D eigenvalue weighted by Gasteiger charge is 2.23. The van der Waals surface area contributed by atoms with Crippen molar-refractivity contribution in [3.05, 3.63) is 0 Å². The van der Waals surface area contributed by atoms with Crippen molar-refractivity contribution in [3.63, 3.8) is 0 Å². The number of alkyl halides is 1. The minimum absolute atomic E-state index is 0.249. The molecule has 2 atom stereocenters. The average molecular weight is 204 g/mol. The SMILES string of the molecule is CCCC[C@@H](F)C(=O)[C@@H](O)CCCC. The van der Waals surface area contributed by atoms with Gasteiger partial charge < -0.3 is 5.11 Å². The number of ketones is 1. The van der Waals surface area contributed by atoms with E-state index in [2.05, 4.69) is 0 Å². The molecule has 0 aliphatic heterocycles. The molecule has 0 amide bonds. The zero-order chi connectivity index (χ0) is 11.0. The molecular formula is C11H21FO2. The van der Waals surface area contributed by atoms with Crippen LogP contribution >= 0.6 is 0 Å². The van der Waals surface area contributed by atoms with E-state index in [1.165, 1.54) is 0 Å². The zero-order valence-corrected chi connectivity index (χ0v) is 9.13. The third-order valence-corrected chi connectivity index (χ3v) is 2.28. The normalized spacial score (nSPS) is 15.1. The summed E-state index contributed by atoms with van der Waals surface area (Å²) in [4.78, 5) is 11.2. The van der Waals surface area contributed by atoms with Crippen LogP contribution in [0.1, 0.15) is 52.4 Å². The summed E-state index contributed by atoms with van der Waals surface area (Å²) in [6.07, 6.45) is 1.33. The molecule has 0 aromatic rings. The number of carbonyl (C=O) groups excluding carboxylic acids is 1. The molecule has 2 nitrogen and oxygen atoms in total. The summed E-state index contributed by atoms with van der Waals surface area (Å²) in [5.74, 6) is -0.632. The summed E-state index contributed by atoms with van der Waals surface area (Å²) in [7, 11) is 0. The first kappa shape index (κ1) is 13.6. The van der Waals surface area contributed by atoms with Crippen LogP contribution in [-0.2, 0) is 4.79 Å². The molecule has 0 saturated heterocycles. The number of rotatable bonds is 8. The van der Waals surface area contributed by atoms with Crippen LogP contribution in [0, 0.1) is 0 Å². The van der Waals surface area contributed by atoms with Gasteiger partial charge in [0.05, 0.1) is 0 Å². The van der Waals surface area contributed by atoms with Gasteiger partial charge in [0.2, 0.25) is 0 Å². The second kappa shape index (κ2) is 7.92. The van der Waals surface area contributed by atoms with Crippen LogP contribution in [0.15, 0.2) is 0 Å². The number of hydrogen-bond acceptors (Lipinski definition) is 2. The molecule has 0 bridgehead atoms. The fourth-order valence-corrected chi connectivity index (χ4v) is 1.27. The molecule has 0 aromatic carbocycles. The third-order valence-electron chi connectivity index (χ3n) is 2.28. The van der Waals surface area contributed by atoms with Gasteiger partial charge in [0, 0.05) is 0 Å². The standard InChI is InChI=1S/C11H21FO2/c1-3-5-7-9(12)11(14)10(13)8-6-4-2/h9-10,13H,3-8H2,1-2H3/t9-,10+/m1/s1. The van der Waals surface area contributed by atoms with E-state index in [0.717, 1.165) is 19.3 Å². The third kappa shape index (κ3) is 5.32. The van der Waals surface area contributed by atoms with E-state index in [4.69, 9.17) is 0 Å². The molecule has 84 valence electrons.